The summed E-state index contributed by atoms with van der Waals surface area (Å²) in [6.07, 6.45) is 1.77. The Balaban J connectivity index is 1.96. The molecule has 3 nitrogen and oxygen atoms in total. The molecule has 0 aliphatic carbocycles. The van der Waals surface area contributed by atoms with Gasteiger partial charge in [0.2, 0.25) is 5.91 Å². The molecule has 0 atom stereocenters. The molecule has 4 rings (SSSR count). The third-order valence-electron chi connectivity index (χ3n) is 4.40. The van der Waals surface area contributed by atoms with Crippen LogP contribution in [0.5, 0.6) is 0 Å². The second kappa shape index (κ2) is 6.81. The van der Waals surface area contributed by atoms with E-state index in [0.717, 1.165) is 33.4 Å². The van der Waals surface area contributed by atoms with Crippen molar-refractivity contribution in [2.75, 3.05) is 4.90 Å². The lowest BCUT2D eigenvalue weighted by atomic mass is 9.99. The summed E-state index contributed by atoms with van der Waals surface area (Å²) in [4.78, 5) is 18.8. The van der Waals surface area contributed by atoms with Crippen molar-refractivity contribution in [1.29, 1.82) is 0 Å². The number of hydrogen-bond donors (Lipinski definition) is 0. The highest BCUT2D eigenvalue weighted by atomic mass is 16.2. The Morgan fingerprint density at radius 1 is 0.808 bits per heavy atom. The Morgan fingerprint density at radius 2 is 1.50 bits per heavy atom. The van der Waals surface area contributed by atoms with Gasteiger partial charge in [-0.05, 0) is 35.4 Å². The van der Waals surface area contributed by atoms with Crippen molar-refractivity contribution in [2.45, 2.75) is 6.92 Å². The van der Waals surface area contributed by atoms with Crippen molar-refractivity contribution < 1.29 is 4.79 Å². The largest absolute Gasteiger partial charge is 0.279 e. The monoisotopic (exact) mass is 338 g/mol. The number of para-hydroxylation sites is 1. The van der Waals surface area contributed by atoms with Crippen LogP contribution in [0.2, 0.25) is 0 Å². The maximum atomic E-state index is 12.4. The molecule has 3 heteroatoms. The van der Waals surface area contributed by atoms with Gasteiger partial charge in [0.1, 0.15) is 0 Å². The molecule has 126 valence electrons. The maximum absolute atomic E-state index is 12.4. The molecule has 0 saturated carbocycles. The van der Waals surface area contributed by atoms with E-state index in [9.17, 15) is 4.79 Å². The van der Waals surface area contributed by atoms with Crippen molar-refractivity contribution in [2.24, 2.45) is 0 Å². The Labute approximate surface area is 152 Å². The van der Waals surface area contributed by atoms with Gasteiger partial charge in [-0.15, -0.1) is 0 Å². The predicted octanol–water partition coefficient (Wildman–Crippen LogP) is 5.59. The van der Waals surface area contributed by atoms with Gasteiger partial charge in [-0.3, -0.25) is 14.7 Å². The van der Waals surface area contributed by atoms with E-state index in [4.69, 9.17) is 0 Å². The number of anilines is 2. The number of amides is 1. The number of benzene rings is 3. The maximum Gasteiger partial charge on any atom is 0.228 e. The van der Waals surface area contributed by atoms with E-state index in [1.54, 1.807) is 18.0 Å². The highest BCUT2D eigenvalue weighted by Gasteiger charge is 2.18. The van der Waals surface area contributed by atoms with Gasteiger partial charge in [0, 0.05) is 24.2 Å². The zero-order valence-electron chi connectivity index (χ0n) is 14.5. The van der Waals surface area contributed by atoms with Gasteiger partial charge in [-0.25, -0.2) is 0 Å². The number of fused-ring (bicyclic) bond motifs is 1. The molecule has 0 unspecified atom stereocenters. The Hall–Kier alpha value is -3.46. The minimum Gasteiger partial charge on any atom is -0.279 e. The number of pyridine rings is 1. The van der Waals surface area contributed by atoms with Crippen LogP contribution in [-0.2, 0) is 4.79 Å². The molecule has 0 spiro atoms. The lowest BCUT2D eigenvalue weighted by Gasteiger charge is -2.23. The summed E-state index contributed by atoms with van der Waals surface area (Å²) < 4.78 is 0. The number of hydrogen-bond acceptors (Lipinski definition) is 2. The zero-order chi connectivity index (χ0) is 17.9. The highest BCUT2D eigenvalue weighted by molar-refractivity contribution is 6.09. The van der Waals surface area contributed by atoms with Crippen molar-refractivity contribution in [3.8, 4) is 11.1 Å². The van der Waals surface area contributed by atoms with E-state index in [1.165, 1.54) is 0 Å². The minimum absolute atomic E-state index is 0.0457. The van der Waals surface area contributed by atoms with E-state index in [1.807, 2.05) is 60.7 Å². The Kier molecular flexibility index (Phi) is 4.20. The summed E-state index contributed by atoms with van der Waals surface area (Å²) in [7, 11) is 0. The van der Waals surface area contributed by atoms with Gasteiger partial charge in [-0.1, -0.05) is 60.7 Å². The topological polar surface area (TPSA) is 33.2 Å². The fourth-order valence-corrected chi connectivity index (χ4v) is 3.28. The van der Waals surface area contributed by atoms with Crippen LogP contribution < -0.4 is 4.90 Å². The lowest BCUT2D eigenvalue weighted by molar-refractivity contribution is -0.115. The summed E-state index contributed by atoms with van der Waals surface area (Å²) >= 11 is 0. The molecule has 0 bridgehead atoms. The van der Waals surface area contributed by atoms with Gasteiger partial charge in [0.15, 0.2) is 0 Å². The molecule has 3 aromatic carbocycles. The SMILES string of the molecule is CC(=O)N(c1ccccc1)c1ccc(-c2ccccc2)c2cccnc12. The molecule has 4 aromatic rings. The summed E-state index contributed by atoms with van der Waals surface area (Å²) in [6, 6.07) is 27.9. The summed E-state index contributed by atoms with van der Waals surface area (Å²) in [5.74, 6) is -0.0457. The van der Waals surface area contributed by atoms with Crippen molar-refractivity contribution in [3.05, 3.63) is 91.1 Å². The predicted molar refractivity (Wildman–Crippen MR) is 106 cm³/mol. The molecule has 0 aliphatic rings. The van der Waals surface area contributed by atoms with Crippen LogP contribution in [0.1, 0.15) is 6.92 Å². The molecule has 0 radical (unpaired) electrons. The van der Waals surface area contributed by atoms with E-state index >= 15 is 0 Å². The first-order valence-corrected chi connectivity index (χ1v) is 8.54. The third kappa shape index (κ3) is 2.84. The van der Waals surface area contributed by atoms with Gasteiger partial charge in [0.25, 0.3) is 0 Å². The summed E-state index contributed by atoms with van der Waals surface area (Å²) in [5, 5.41) is 1.03. The van der Waals surface area contributed by atoms with Crippen LogP contribution in [0.25, 0.3) is 22.0 Å². The lowest BCUT2D eigenvalue weighted by Crippen LogP contribution is -2.23. The smallest absolute Gasteiger partial charge is 0.228 e. The first-order valence-electron chi connectivity index (χ1n) is 8.54. The van der Waals surface area contributed by atoms with E-state index in [2.05, 4.69) is 29.2 Å². The average Bonchev–Trinajstić information content (AvgIpc) is 2.69. The summed E-state index contributed by atoms with van der Waals surface area (Å²) in [5.41, 5.74) is 4.67. The third-order valence-corrected chi connectivity index (χ3v) is 4.40. The van der Waals surface area contributed by atoms with Gasteiger partial charge in [-0.2, -0.15) is 0 Å². The van der Waals surface area contributed by atoms with Gasteiger partial charge >= 0.3 is 0 Å². The molecule has 0 fully saturated rings. The van der Waals surface area contributed by atoms with E-state index in [0.29, 0.717) is 0 Å². The van der Waals surface area contributed by atoms with Crippen molar-refractivity contribution in [3.63, 3.8) is 0 Å². The molecule has 1 amide bonds. The number of rotatable bonds is 3. The van der Waals surface area contributed by atoms with Crippen LogP contribution >= 0.6 is 0 Å². The van der Waals surface area contributed by atoms with E-state index < -0.39 is 0 Å². The molecule has 0 saturated heterocycles. The highest BCUT2D eigenvalue weighted by Crippen LogP contribution is 2.36. The quantitative estimate of drug-likeness (QED) is 0.488. The molecule has 26 heavy (non-hydrogen) atoms. The van der Waals surface area contributed by atoms with Crippen LogP contribution in [0.15, 0.2) is 91.1 Å². The van der Waals surface area contributed by atoms with Crippen LogP contribution in [0.3, 0.4) is 0 Å². The molecular formula is C23H18N2O. The second-order valence-electron chi connectivity index (χ2n) is 6.09. The Bertz CT molecular complexity index is 1060. The first-order chi connectivity index (χ1) is 12.8. The summed E-state index contributed by atoms with van der Waals surface area (Å²) in [6.45, 7) is 1.58. The number of aromatic nitrogens is 1. The fourth-order valence-electron chi connectivity index (χ4n) is 3.28. The number of carbonyl (C=O) groups is 1. The van der Waals surface area contributed by atoms with Gasteiger partial charge < -0.3 is 0 Å². The zero-order valence-corrected chi connectivity index (χ0v) is 14.5. The molecular weight excluding hydrogens is 320 g/mol. The standard InChI is InChI=1S/C23H18N2O/c1-17(26)25(19-11-6-3-7-12-19)22-15-14-20(18-9-4-2-5-10-18)21-13-8-16-24-23(21)22/h2-16H,1H3. The molecule has 1 heterocycles. The van der Waals surface area contributed by atoms with E-state index in [-0.39, 0.29) is 5.91 Å². The second-order valence-corrected chi connectivity index (χ2v) is 6.09. The van der Waals surface area contributed by atoms with Crippen LogP contribution in [0, 0.1) is 0 Å². The van der Waals surface area contributed by atoms with Gasteiger partial charge in [0.05, 0.1) is 11.2 Å². The number of nitrogens with zero attached hydrogens (tertiary/aromatic N) is 2. The van der Waals surface area contributed by atoms with Crippen LogP contribution in [0.4, 0.5) is 11.4 Å². The normalized spacial score (nSPS) is 10.7. The van der Waals surface area contributed by atoms with Crippen LogP contribution in [-0.4, -0.2) is 10.9 Å². The van der Waals surface area contributed by atoms with Crippen molar-refractivity contribution in [1.82, 2.24) is 4.98 Å². The minimum atomic E-state index is -0.0457. The fraction of sp³-hybridized carbons (Fsp3) is 0.0435. The molecule has 1 aromatic heterocycles. The number of carbonyl (C=O) groups excluding carboxylic acids is 1. The molecule has 0 aliphatic heterocycles. The Morgan fingerprint density at radius 3 is 2.19 bits per heavy atom. The van der Waals surface area contributed by atoms with Crippen molar-refractivity contribution >= 4 is 28.2 Å². The average molecular weight is 338 g/mol. The molecule has 0 N–H and O–H groups in total. The first kappa shape index (κ1) is 16.0.